The smallest absolute Gasteiger partial charge is 0.393 e. The summed E-state index contributed by atoms with van der Waals surface area (Å²) in [6.45, 7) is 0.845. The van der Waals surface area contributed by atoms with Crippen LogP contribution in [-0.4, -0.2) is 48.5 Å². The lowest BCUT2D eigenvalue weighted by Gasteiger charge is -2.34. The van der Waals surface area contributed by atoms with Crippen LogP contribution in [0.25, 0.3) is 0 Å². The number of halogens is 3. The van der Waals surface area contributed by atoms with E-state index in [1.807, 2.05) is 18.2 Å². The molecule has 1 aliphatic heterocycles. The highest BCUT2D eigenvalue weighted by Crippen LogP contribution is 2.33. The van der Waals surface area contributed by atoms with Crippen molar-refractivity contribution in [3.63, 3.8) is 0 Å². The van der Waals surface area contributed by atoms with Crippen molar-refractivity contribution in [1.82, 2.24) is 4.90 Å². The Balaban J connectivity index is 1.76. The first-order valence-corrected chi connectivity index (χ1v) is 7.10. The molecule has 0 aliphatic carbocycles. The minimum absolute atomic E-state index is 0.0358. The average Bonchev–Trinajstić information content (AvgIpc) is 2.46. The molecule has 2 rings (SSSR count). The molecule has 21 heavy (non-hydrogen) atoms. The summed E-state index contributed by atoms with van der Waals surface area (Å²) in [6, 6.07) is 9.04. The van der Waals surface area contributed by atoms with Crippen molar-refractivity contribution < 1.29 is 23.0 Å². The lowest BCUT2D eigenvalue weighted by molar-refractivity contribution is -0.187. The molecule has 1 saturated heterocycles. The van der Waals surface area contributed by atoms with Crippen molar-refractivity contribution in [2.24, 2.45) is 5.92 Å². The molecule has 118 valence electrons. The van der Waals surface area contributed by atoms with Gasteiger partial charge in [0.1, 0.15) is 18.5 Å². The van der Waals surface area contributed by atoms with Gasteiger partial charge < -0.3 is 14.7 Å². The highest BCUT2D eigenvalue weighted by Gasteiger charge is 2.41. The predicted molar refractivity (Wildman–Crippen MR) is 73.2 cm³/mol. The first-order valence-electron chi connectivity index (χ1n) is 7.10. The molecule has 3 nitrogen and oxygen atoms in total. The van der Waals surface area contributed by atoms with E-state index in [-0.39, 0.29) is 26.1 Å². The van der Waals surface area contributed by atoms with Gasteiger partial charge in [-0.15, -0.1) is 0 Å². The van der Waals surface area contributed by atoms with E-state index < -0.39 is 18.2 Å². The van der Waals surface area contributed by atoms with Crippen molar-refractivity contribution >= 4 is 0 Å². The summed E-state index contributed by atoms with van der Waals surface area (Å²) in [7, 11) is 0. The minimum Gasteiger partial charge on any atom is -0.491 e. The van der Waals surface area contributed by atoms with Gasteiger partial charge in [-0.3, -0.25) is 0 Å². The Morgan fingerprint density at radius 1 is 1.29 bits per heavy atom. The highest BCUT2D eigenvalue weighted by molar-refractivity contribution is 5.20. The SMILES string of the molecule is O[C@@H](COc1ccccc1)CN1CCC[C@@H](C(F)(F)F)C1. The molecule has 0 radical (unpaired) electrons. The zero-order valence-corrected chi connectivity index (χ0v) is 11.7. The van der Waals surface area contributed by atoms with Crippen LogP contribution in [0.2, 0.25) is 0 Å². The lowest BCUT2D eigenvalue weighted by atomic mass is 9.97. The molecule has 0 bridgehead atoms. The fourth-order valence-corrected chi connectivity index (χ4v) is 2.55. The highest BCUT2D eigenvalue weighted by atomic mass is 19.4. The van der Waals surface area contributed by atoms with Crippen LogP contribution >= 0.6 is 0 Å². The van der Waals surface area contributed by atoms with Crippen LogP contribution in [0.3, 0.4) is 0 Å². The number of ether oxygens (including phenoxy) is 1. The summed E-state index contributed by atoms with van der Waals surface area (Å²) >= 11 is 0. The molecule has 1 N–H and O–H groups in total. The van der Waals surface area contributed by atoms with Gasteiger partial charge in [0, 0.05) is 13.1 Å². The molecule has 1 aromatic rings. The molecular weight excluding hydrogens is 283 g/mol. The third-order valence-corrected chi connectivity index (χ3v) is 3.62. The Labute approximate surface area is 122 Å². The molecule has 0 amide bonds. The summed E-state index contributed by atoms with van der Waals surface area (Å²) < 4.78 is 43.5. The number of aliphatic hydroxyl groups is 1. The van der Waals surface area contributed by atoms with Crippen LogP contribution in [0.4, 0.5) is 13.2 Å². The number of alkyl halides is 3. The molecule has 1 fully saturated rings. The van der Waals surface area contributed by atoms with Crippen LogP contribution in [0.15, 0.2) is 30.3 Å². The molecule has 1 aromatic carbocycles. The monoisotopic (exact) mass is 303 g/mol. The average molecular weight is 303 g/mol. The number of piperidine rings is 1. The lowest BCUT2D eigenvalue weighted by Crippen LogP contribution is -2.45. The minimum atomic E-state index is -4.15. The molecule has 6 heteroatoms. The summed E-state index contributed by atoms with van der Waals surface area (Å²) in [5, 5.41) is 9.90. The van der Waals surface area contributed by atoms with Crippen molar-refractivity contribution in [1.29, 1.82) is 0 Å². The first kappa shape index (κ1) is 16.1. The molecule has 2 atom stereocenters. The van der Waals surface area contributed by atoms with Gasteiger partial charge in [0.2, 0.25) is 0 Å². The summed E-state index contributed by atoms with van der Waals surface area (Å²) in [5.41, 5.74) is 0. The van der Waals surface area contributed by atoms with Gasteiger partial charge in [-0.1, -0.05) is 18.2 Å². The molecule has 0 saturated carbocycles. The van der Waals surface area contributed by atoms with Crippen molar-refractivity contribution in [3.8, 4) is 5.75 Å². The molecular formula is C15H20F3NO2. The van der Waals surface area contributed by atoms with E-state index in [9.17, 15) is 18.3 Å². The zero-order chi connectivity index (χ0) is 15.3. The second-order valence-electron chi connectivity index (χ2n) is 5.42. The normalized spacial score (nSPS) is 22.0. The number of rotatable bonds is 5. The number of nitrogens with zero attached hydrogens (tertiary/aromatic N) is 1. The molecule has 0 unspecified atom stereocenters. The van der Waals surface area contributed by atoms with E-state index in [2.05, 4.69) is 0 Å². The van der Waals surface area contributed by atoms with Gasteiger partial charge in [0.25, 0.3) is 0 Å². The zero-order valence-electron chi connectivity index (χ0n) is 11.7. The molecule has 1 heterocycles. The summed E-state index contributed by atoms with van der Waals surface area (Å²) in [6.07, 6.45) is -4.26. The van der Waals surface area contributed by atoms with Crippen molar-refractivity contribution in [2.75, 3.05) is 26.2 Å². The van der Waals surface area contributed by atoms with Gasteiger partial charge in [0.15, 0.2) is 0 Å². The predicted octanol–water partition coefficient (Wildman–Crippen LogP) is 2.70. The Kier molecular flexibility index (Phi) is 5.47. The maximum absolute atomic E-state index is 12.7. The van der Waals surface area contributed by atoms with Gasteiger partial charge in [-0.2, -0.15) is 13.2 Å². The van der Waals surface area contributed by atoms with E-state index in [1.165, 1.54) is 0 Å². The topological polar surface area (TPSA) is 32.7 Å². The molecule has 1 aliphatic rings. The number of β-amino-alcohol motifs (C(OH)–C–C–N with tert-alkyl or cyclic N) is 1. The number of benzene rings is 1. The summed E-state index contributed by atoms with van der Waals surface area (Å²) in [5.74, 6) is -0.642. The van der Waals surface area contributed by atoms with E-state index in [4.69, 9.17) is 4.74 Å². The van der Waals surface area contributed by atoms with Crippen LogP contribution in [0, 0.1) is 5.92 Å². The number of aliphatic hydroxyl groups excluding tert-OH is 1. The van der Waals surface area contributed by atoms with Crippen molar-refractivity contribution in [3.05, 3.63) is 30.3 Å². The number of para-hydroxylation sites is 1. The maximum atomic E-state index is 12.7. The first-order chi connectivity index (χ1) is 9.95. The van der Waals surface area contributed by atoms with Crippen molar-refractivity contribution in [2.45, 2.75) is 25.1 Å². The number of hydrogen-bond acceptors (Lipinski definition) is 3. The standard InChI is InChI=1S/C15H20F3NO2/c16-15(17,18)12-5-4-8-19(9-12)10-13(20)11-21-14-6-2-1-3-7-14/h1-3,6-7,12-13,20H,4-5,8-11H2/t12-,13-/m1/s1. The van der Waals surface area contributed by atoms with Crippen LogP contribution in [0.5, 0.6) is 5.75 Å². The van der Waals surface area contributed by atoms with E-state index in [1.54, 1.807) is 17.0 Å². The van der Waals surface area contributed by atoms with Gasteiger partial charge >= 0.3 is 6.18 Å². The largest absolute Gasteiger partial charge is 0.491 e. The number of hydrogen-bond donors (Lipinski definition) is 1. The fourth-order valence-electron chi connectivity index (χ4n) is 2.55. The second kappa shape index (κ2) is 7.13. The Morgan fingerprint density at radius 3 is 2.67 bits per heavy atom. The third-order valence-electron chi connectivity index (χ3n) is 3.62. The third kappa shape index (κ3) is 5.21. The van der Waals surface area contributed by atoms with Crippen LogP contribution in [-0.2, 0) is 0 Å². The molecule has 0 spiro atoms. The van der Waals surface area contributed by atoms with Gasteiger partial charge in [0.05, 0.1) is 5.92 Å². The van der Waals surface area contributed by atoms with Gasteiger partial charge in [-0.05, 0) is 31.5 Å². The Bertz CT molecular complexity index is 425. The number of likely N-dealkylation sites (tertiary alicyclic amines) is 1. The second-order valence-corrected chi connectivity index (χ2v) is 5.42. The quantitative estimate of drug-likeness (QED) is 0.908. The fraction of sp³-hybridized carbons (Fsp3) is 0.600. The molecule has 0 aromatic heterocycles. The Hall–Kier alpha value is -1.27. The maximum Gasteiger partial charge on any atom is 0.393 e. The van der Waals surface area contributed by atoms with Crippen LogP contribution in [0.1, 0.15) is 12.8 Å². The Morgan fingerprint density at radius 2 is 2.00 bits per heavy atom. The van der Waals surface area contributed by atoms with Crippen LogP contribution < -0.4 is 4.74 Å². The van der Waals surface area contributed by atoms with E-state index in [0.29, 0.717) is 18.7 Å². The summed E-state index contributed by atoms with van der Waals surface area (Å²) in [4.78, 5) is 1.67. The van der Waals surface area contributed by atoms with E-state index >= 15 is 0 Å². The van der Waals surface area contributed by atoms with Gasteiger partial charge in [-0.25, -0.2) is 0 Å². The van der Waals surface area contributed by atoms with E-state index in [0.717, 1.165) is 0 Å².